The Bertz CT molecular complexity index is 796. The van der Waals surface area contributed by atoms with Crippen LogP contribution in [0.3, 0.4) is 0 Å². The number of benzene rings is 2. The topological polar surface area (TPSA) is 87.3 Å². The van der Waals surface area contributed by atoms with E-state index < -0.39 is 0 Å². The second-order valence-electron chi connectivity index (χ2n) is 6.23. The monoisotopic (exact) mass is 399 g/mol. The Kier molecular flexibility index (Phi) is 9.07. The number of amides is 3. The first kappa shape index (κ1) is 21.5. The third-order valence-corrected chi connectivity index (χ3v) is 4.28. The Balaban J connectivity index is 1.64. The average Bonchev–Trinajstić information content (AvgIpc) is 2.72. The van der Waals surface area contributed by atoms with Crippen LogP contribution in [0.1, 0.15) is 28.8 Å². The molecule has 0 atom stereocenters. The van der Waals surface area contributed by atoms with Gasteiger partial charge in [-0.2, -0.15) is 12.6 Å². The highest BCUT2D eigenvalue weighted by molar-refractivity contribution is 7.81. The van der Waals surface area contributed by atoms with E-state index in [1.54, 1.807) is 24.3 Å². The molecule has 3 N–H and O–H groups in total. The number of thiol groups is 1. The van der Waals surface area contributed by atoms with Gasteiger partial charge in [-0.3, -0.25) is 14.4 Å². The molecule has 0 saturated carbocycles. The number of carbonyl (C=O) groups is 3. The van der Waals surface area contributed by atoms with Gasteiger partial charge in [-0.25, -0.2) is 0 Å². The third-order valence-electron chi connectivity index (χ3n) is 4.00. The van der Waals surface area contributed by atoms with Gasteiger partial charge in [0, 0.05) is 30.8 Å². The maximum absolute atomic E-state index is 12.2. The van der Waals surface area contributed by atoms with Crippen LogP contribution in [0, 0.1) is 0 Å². The molecule has 0 aliphatic heterocycles. The van der Waals surface area contributed by atoms with E-state index in [0.29, 0.717) is 30.8 Å². The van der Waals surface area contributed by atoms with Gasteiger partial charge in [0.1, 0.15) is 0 Å². The zero-order valence-corrected chi connectivity index (χ0v) is 16.5. The molecule has 0 fully saturated rings. The van der Waals surface area contributed by atoms with Gasteiger partial charge in [0.2, 0.25) is 11.8 Å². The number of carbonyl (C=O) groups excluding carboxylic acids is 3. The number of rotatable bonds is 10. The lowest BCUT2D eigenvalue weighted by Crippen LogP contribution is -2.34. The lowest BCUT2D eigenvalue weighted by Gasteiger charge is -2.09. The lowest BCUT2D eigenvalue weighted by molar-refractivity contribution is -0.121. The van der Waals surface area contributed by atoms with Crippen LogP contribution in [0.15, 0.2) is 54.6 Å². The molecule has 2 rings (SSSR count). The molecule has 2 aromatic carbocycles. The van der Waals surface area contributed by atoms with Crippen LogP contribution in [0.25, 0.3) is 0 Å². The van der Waals surface area contributed by atoms with Gasteiger partial charge in [-0.05, 0) is 36.6 Å². The summed E-state index contributed by atoms with van der Waals surface area (Å²) in [4.78, 5) is 35.4. The summed E-state index contributed by atoms with van der Waals surface area (Å²) in [6.07, 6.45) is 2.10. The maximum Gasteiger partial charge on any atom is 0.251 e. The molecule has 0 bridgehead atoms. The molecule has 0 radical (unpaired) electrons. The van der Waals surface area contributed by atoms with Gasteiger partial charge < -0.3 is 16.0 Å². The summed E-state index contributed by atoms with van der Waals surface area (Å²) in [6, 6.07) is 16.7. The van der Waals surface area contributed by atoms with Crippen LogP contribution in [0.4, 0.5) is 5.69 Å². The van der Waals surface area contributed by atoms with Crippen molar-refractivity contribution in [2.24, 2.45) is 0 Å². The number of nitrogens with one attached hydrogen (secondary N) is 3. The molecule has 0 saturated heterocycles. The second kappa shape index (κ2) is 11.8. The molecular formula is C21H25N3O3S. The minimum atomic E-state index is -0.264. The fourth-order valence-corrected chi connectivity index (χ4v) is 2.68. The molecule has 0 aromatic heterocycles. The first-order valence-electron chi connectivity index (χ1n) is 9.18. The summed E-state index contributed by atoms with van der Waals surface area (Å²) in [7, 11) is 0. The number of aryl methyl sites for hydroxylation is 1. The minimum Gasteiger partial charge on any atom is -0.354 e. The summed E-state index contributed by atoms with van der Waals surface area (Å²) >= 11 is 3.90. The van der Waals surface area contributed by atoms with Crippen molar-refractivity contribution in [2.75, 3.05) is 24.2 Å². The van der Waals surface area contributed by atoms with Crippen molar-refractivity contribution in [1.29, 1.82) is 0 Å². The molecule has 0 unspecified atom stereocenters. The number of hydrogen-bond acceptors (Lipinski definition) is 4. The van der Waals surface area contributed by atoms with Gasteiger partial charge >= 0.3 is 0 Å². The van der Waals surface area contributed by atoms with E-state index in [1.807, 2.05) is 30.3 Å². The van der Waals surface area contributed by atoms with Gasteiger partial charge in [0.15, 0.2) is 0 Å². The van der Waals surface area contributed by atoms with Crippen molar-refractivity contribution in [1.82, 2.24) is 10.6 Å². The van der Waals surface area contributed by atoms with E-state index in [2.05, 4.69) is 28.6 Å². The highest BCUT2D eigenvalue weighted by Gasteiger charge is 2.07. The molecule has 6 nitrogen and oxygen atoms in total. The maximum atomic E-state index is 12.2. The van der Waals surface area contributed by atoms with Crippen LogP contribution in [0.5, 0.6) is 0 Å². The Morgan fingerprint density at radius 1 is 0.857 bits per heavy atom. The van der Waals surface area contributed by atoms with Crippen molar-refractivity contribution >= 4 is 36.0 Å². The molecular weight excluding hydrogens is 374 g/mol. The smallest absolute Gasteiger partial charge is 0.251 e. The SMILES string of the molecule is O=C(CCCc1ccccc1)NCCNC(=O)c1cccc(NC(=O)CS)c1. The van der Waals surface area contributed by atoms with Crippen molar-refractivity contribution in [3.63, 3.8) is 0 Å². The van der Waals surface area contributed by atoms with Crippen LogP contribution >= 0.6 is 12.6 Å². The van der Waals surface area contributed by atoms with Crippen LogP contribution < -0.4 is 16.0 Å². The largest absolute Gasteiger partial charge is 0.354 e. The molecule has 0 aliphatic rings. The summed E-state index contributed by atoms with van der Waals surface area (Å²) in [6.45, 7) is 0.697. The van der Waals surface area contributed by atoms with E-state index in [0.717, 1.165) is 12.8 Å². The predicted octanol–water partition coefficient (Wildman–Crippen LogP) is 2.42. The Labute approximate surface area is 170 Å². The highest BCUT2D eigenvalue weighted by atomic mass is 32.1. The van der Waals surface area contributed by atoms with Gasteiger partial charge in [0.25, 0.3) is 5.91 Å². The predicted molar refractivity (Wildman–Crippen MR) is 114 cm³/mol. The Hall–Kier alpha value is -2.80. The first-order chi connectivity index (χ1) is 13.6. The quantitative estimate of drug-likeness (QED) is 0.366. The zero-order valence-electron chi connectivity index (χ0n) is 15.6. The number of hydrogen-bond donors (Lipinski definition) is 4. The van der Waals surface area contributed by atoms with Crippen LogP contribution in [0.2, 0.25) is 0 Å². The zero-order chi connectivity index (χ0) is 20.2. The fourth-order valence-electron chi connectivity index (χ4n) is 2.60. The average molecular weight is 400 g/mol. The third kappa shape index (κ3) is 7.84. The summed E-state index contributed by atoms with van der Waals surface area (Å²) < 4.78 is 0. The minimum absolute atomic E-state index is 0.0263. The van der Waals surface area contributed by atoms with Gasteiger partial charge in [-0.15, -0.1) is 0 Å². The van der Waals surface area contributed by atoms with Crippen molar-refractivity contribution < 1.29 is 14.4 Å². The van der Waals surface area contributed by atoms with E-state index in [4.69, 9.17) is 0 Å². The van der Waals surface area contributed by atoms with E-state index in [1.165, 1.54) is 5.56 Å². The second-order valence-corrected chi connectivity index (χ2v) is 6.55. The molecule has 148 valence electrons. The van der Waals surface area contributed by atoms with Crippen LogP contribution in [-0.4, -0.2) is 36.6 Å². The van der Waals surface area contributed by atoms with E-state index in [-0.39, 0.29) is 23.5 Å². The summed E-state index contributed by atoms with van der Waals surface area (Å²) in [5.74, 6) is -0.459. The van der Waals surface area contributed by atoms with E-state index in [9.17, 15) is 14.4 Å². The first-order valence-corrected chi connectivity index (χ1v) is 9.81. The van der Waals surface area contributed by atoms with Crippen molar-refractivity contribution in [2.45, 2.75) is 19.3 Å². The molecule has 0 aliphatic carbocycles. The highest BCUT2D eigenvalue weighted by Crippen LogP contribution is 2.10. The Morgan fingerprint density at radius 3 is 2.36 bits per heavy atom. The molecule has 3 amide bonds. The molecule has 28 heavy (non-hydrogen) atoms. The van der Waals surface area contributed by atoms with E-state index >= 15 is 0 Å². The lowest BCUT2D eigenvalue weighted by atomic mass is 10.1. The van der Waals surface area contributed by atoms with Crippen molar-refractivity contribution in [3.8, 4) is 0 Å². The fraction of sp³-hybridized carbons (Fsp3) is 0.286. The molecule has 2 aromatic rings. The molecule has 0 heterocycles. The standard InChI is InChI=1S/C21H25N3O3S/c25-19(11-4-8-16-6-2-1-3-7-16)22-12-13-23-21(27)17-9-5-10-18(14-17)24-20(26)15-28/h1-3,5-7,9-10,14,28H,4,8,11-13,15H2,(H,22,25)(H,23,27)(H,24,26). The number of anilines is 1. The van der Waals surface area contributed by atoms with Crippen LogP contribution in [-0.2, 0) is 16.0 Å². The molecule has 0 spiro atoms. The summed E-state index contributed by atoms with van der Waals surface area (Å²) in [5.41, 5.74) is 2.19. The molecule has 7 heteroatoms. The van der Waals surface area contributed by atoms with Gasteiger partial charge in [-0.1, -0.05) is 36.4 Å². The Morgan fingerprint density at radius 2 is 1.61 bits per heavy atom. The van der Waals surface area contributed by atoms with Gasteiger partial charge in [0.05, 0.1) is 5.75 Å². The summed E-state index contributed by atoms with van der Waals surface area (Å²) in [5, 5.41) is 8.20. The normalized spacial score (nSPS) is 10.2. The van der Waals surface area contributed by atoms with Crippen molar-refractivity contribution in [3.05, 3.63) is 65.7 Å².